The molecule has 0 bridgehead atoms. The fourth-order valence-electron chi connectivity index (χ4n) is 7.05. The highest BCUT2D eigenvalue weighted by atomic mass is 16.5. The van der Waals surface area contributed by atoms with Gasteiger partial charge in [0, 0.05) is 46.5 Å². The number of carbonyl (C=O) groups is 1. The van der Waals surface area contributed by atoms with E-state index in [1.165, 1.54) is 61.9 Å². The van der Waals surface area contributed by atoms with Crippen LogP contribution < -0.4 is 15.6 Å². The van der Waals surface area contributed by atoms with E-state index >= 15 is 0 Å². The molecular weight excluding hydrogens is 498 g/mol. The van der Waals surface area contributed by atoms with E-state index in [0.717, 1.165) is 47.5 Å². The fraction of sp³-hybridized carbons (Fsp3) is 0.471. The van der Waals surface area contributed by atoms with E-state index in [4.69, 9.17) is 4.74 Å². The monoisotopic (exact) mass is 539 g/mol. The molecule has 3 aromatic rings. The molecule has 2 aromatic carbocycles. The zero-order valence-corrected chi connectivity index (χ0v) is 24.1. The lowest BCUT2D eigenvalue weighted by molar-refractivity contribution is 0.0950. The number of likely N-dealkylation sites (tertiary alicyclic amines) is 1. The minimum Gasteiger partial charge on any atom is -0.492 e. The van der Waals surface area contributed by atoms with Crippen molar-refractivity contribution in [3.8, 4) is 16.9 Å². The van der Waals surface area contributed by atoms with Crippen molar-refractivity contribution in [2.75, 3.05) is 19.7 Å². The van der Waals surface area contributed by atoms with E-state index < -0.39 is 0 Å². The van der Waals surface area contributed by atoms with Crippen LogP contribution in [0.4, 0.5) is 0 Å². The second kappa shape index (κ2) is 10.9. The minimum atomic E-state index is -0.165. The number of piperidine rings is 1. The Bertz CT molecular complexity index is 1490. The van der Waals surface area contributed by atoms with Gasteiger partial charge in [-0.25, -0.2) is 0 Å². The number of nitrogens with zero attached hydrogens (tertiary/aromatic N) is 1. The molecule has 2 aliphatic heterocycles. The van der Waals surface area contributed by atoms with Gasteiger partial charge in [-0.2, -0.15) is 0 Å². The average molecular weight is 540 g/mol. The van der Waals surface area contributed by atoms with E-state index in [-0.39, 0.29) is 23.4 Å². The summed E-state index contributed by atoms with van der Waals surface area (Å²) in [5.41, 5.74) is 8.66. The van der Waals surface area contributed by atoms with Gasteiger partial charge in [0.25, 0.3) is 11.5 Å². The number of carbonyl (C=O) groups excluding carboxylic acids is 1. The molecular formula is C34H41N3O3. The molecule has 3 heterocycles. The van der Waals surface area contributed by atoms with Gasteiger partial charge in [0.2, 0.25) is 0 Å². The van der Waals surface area contributed by atoms with Crippen LogP contribution in [0.3, 0.4) is 0 Å². The summed E-state index contributed by atoms with van der Waals surface area (Å²) >= 11 is 0. The van der Waals surface area contributed by atoms with Crippen molar-refractivity contribution in [1.82, 2.24) is 15.2 Å². The predicted molar refractivity (Wildman–Crippen MR) is 159 cm³/mol. The van der Waals surface area contributed by atoms with Crippen molar-refractivity contribution >= 4 is 5.91 Å². The molecule has 0 atom stereocenters. The molecule has 0 unspecified atom stereocenters. The number of H-pyrrole nitrogens is 1. The molecule has 40 heavy (non-hydrogen) atoms. The van der Waals surface area contributed by atoms with Crippen LogP contribution in [-0.2, 0) is 18.5 Å². The Kier molecular flexibility index (Phi) is 7.30. The number of rotatable bonds is 6. The molecule has 0 radical (unpaired) electrons. The van der Waals surface area contributed by atoms with Gasteiger partial charge in [-0.05, 0) is 100.0 Å². The summed E-state index contributed by atoms with van der Waals surface area (Å²) in [6.07, 6.45) is 8.48. The van der Waals surface area contributed by atoms with Gasteiger partial charge in [-0.15, -0.1) is 0 Å². The lowest BCUT2D eigenvalue weighted by Crippen LogP contribution is -2.29. The maximum atomic E-state index is 13.6. The number of amides is 1. The molecule has 2 N–H and O–H groups in total. The zero-order valence-electron chi connectivity index (χ0n) is 24.1. The third-order valence-corrected chi connectivity index (χ3v) is 9.39. The quantitative estimate of drug-likeness (QED) is 0.398. The normalized spacial score (nSPS) is 18.1. The molecule has 6 rings (SSSR count). The van der Waals surface area contributed by atoms with Gasteiger partial charge in [-0.1, -0.05) is 37.5 Å². The number of aryl methyl sites for hydroxylation is 3. The maximum Gasteiger partial charge on any atom is 0.253 e. The van der Waals surface area contributed by atoms with Gasteiger partial charge >= 0.3 is 0 Å². The highest BCUT2D eigenvalue weighted by molar-refractivity contribution is 5.97. The van der Waals surface area contributed by atoms with E-state index in [9.17, 15) is 9.59 Å². The minimum absolute atomic E-state index is 0.00564. The first-order valence-corrected chi connectivity index (χ1v) is 14.9. The molecule has 1 aliphatic carbocycles. The third-order valence-electron chi connectivity index (χ3n) is 9.39. The molecule has 1 saturated carbocycles. The Balaban J connectivity index is 1.33. The largest absolute Gasteiger partial charge is 0.492 e. The van der Waals surface area contributed by atoms with Crippen molar-refractivity contribution in [3.05, 3.63) is 85.8 Å². The summed E-state index contributed by atoms with van der Waals surface area (Å²) in [7, 11) is 0. The molecule has 1 aromatic heterocycles. The first-order valence-electron chi connectivity index (χ1n) is 14.9. The summed E-state index contributed by atoms with van der Waals surface area (Å²) < 4.78 is 6.43. The number of pyridine rings is 1. The lowest BCUT2D eigenvalue weighted by Gasteiger charge is -2.27. The molecule has 1 amide bonds. The van der Waals surface area contributed by atoms with Crippen molar-refractivity contribution in [3.63, 3.8) is 0 Å². The molecule has 1 saturated heterocycles. The van der Waals surface area contributed by atoms with Crippen LogP contribution in [0.1, 0.15) is 88.8 Å². The first kappa shape index (κ1) is 26.8. The number of hydrogen-bond acceptors (Lipinski definition) is 4. The predicted octanol–water partition coefficient (Wildman–Crippen LogP) is 6.09. The number of nitrogens with one attached hydrogen (secondary N) is 2. The summed E-state index contributed by atoms with van der Waals surface area (Å²) in [6.45, 7) is 10.2. The number of benzene rings is 2. The highest BCUT2D eigenvalue weighted by Gasteiger charge is 2.44. The zero-order chi connectivity index (χ0) is 27.9. The fourth-order valence-corrected chi connectivity index (χ4v) is 7.05. The van der Waals surface area contributed by atoms with Crippen LogP contribution in [0.25, 0.3) is 11.1 Å². The second-order valence-corrected chi connectivity index (χ2v) is 12.3. The molecule has 6 nitrogen and oxygen atoms in total. The summed E-state index contributed by atoms with van der Waals surface area (Å²) in [6, 6.07) is 12.7. The van der Waals surface area contributed by atoms with Crippen LogP contribution in [0.15, 0.2) is 41.2 Å². The van der Waals surface area contributed by atoms with Crippen LogP contribution in [0.5, 0.6) is 5.75 Å². The van der Waals surface area contributed by atoms with Crippen LogP contribution in [0, 0.1) is 20.8 Å². The third kappa shape index (κ3) is 5.10. The maximum absolute atomic E-state index is 13.6. The number of aromatic amines is 1. The molecule has 6 heteroatoms. The first-order chi connectivity index (χ1) is 19.3. The Hall–Kier alpha value is -3.38. The van der Waals surface area contributed by atoms with E-state index in [2.05, 4.69) is 46.4 Å². The number of hydrogen-bond donors (Lipinski definition) is 2. The molecule has 210 valence electrons. The lowest BCUT2D eigenvalue weighted by atomic mass is 9.79. The summed E-state index contributed by atoms with van der Waals surface area (Å²) in [5, 5.41) is 3.03. The number of ether oxygens (including phenoxy) is 1. The standard InChI is InChI=1S/C34H41N3O3/c1-22-16-25(9-10-26(22)20-37-13-7-4-8-14-37)28-17-27(18-30-31(28)40-21-34(30)11-5-6-12-34)32(38)35-19-29-23(2)15-24(3)36-33(29)39/h9-10,15-18H,4-8,11-14,19-21H2,1-3H3,(H,35,38)(H,36,39). The smallest absolute Gasteiger partial charge is 0.253 e. The molecule has 1 spiro atoms. The Morgan fingerprint density at radius 2 is 1.75 bits per heavy atom. The van der Waals surface area contributed by atoms with Gasteiger partial charge in [0.1, 0.15) is 5.75 Å². The topological polar surface area (TPSA) is 74.4 Å². The van der Waals surface area contributed by atoms with Gasteiger partial charge in [0.05, 0.1) is 6.61 Å². The van der Waals surface area contributed by atoms with Crippen LogP contribution >= 0.6 is 0 Å². The summed E-state index contributed by atoms with van der Waals surface area (Å²) in [4.78, 5) is 31.5. The van der Waals surface area contributed by atoms with Gasteiger partial charge < -0.3 is 15.0 Å². The van der Waals surface area contributed by atoms with E-state index in [1.54, 1.807) is 0 Å². The Morgan fingerprint density at radius 1 is 0.975 bits per heavy atom. The highest BCUT2D eigenvalue weighted by Crippen LogP contribution is 2.52. The van der Waals surface area contributed by atoms with Crippen LogP contribution in [0.2, 0.25) is 0 Å². The van der Waals surface area contributed by atoms with E-state index in [1.807, 2.05) is 26.0 Å². The Morgan fingerprint density at radius 3 is 2.48 bits per heavy atom. The second-order valence-electron chi connectivity index (χ2n) is 12.3. The van der Waals surface area contributed by atoms with Gasteiger partial charge in [-0.3, -0.25) is 14.5 Å². The van der Waals surface area contributed by atoms with Crippen molar-refractivity contribution in [2.45, 2.75) is 84.2 Å². The molecule has 2 fully saturated rings. The Labute approximate surface area is 237 Å². The summed E-state index contributed by atoms with van der Waals surface area (Å²) in [5.74, 6) is 0.773. The molecule has 3 aliphatic rings. The van der Waals surface area contributed by atoms with Crippen molar-refractivity contribution < 1.29 is 9.53 Å². The van der Waals surface area contributed by atoms with Crippen LogP contribution in [-0.4, -0.2) is 35.5 Å². The van der Waals surface area contributed by atoms with Gasteiger partial charge in [0.15, 0.2) is 0 Å². The van der Waals surface area contributed by atoms with Crippen molar-refractivity contribution in [1.29, 1.82) is 0 Å². The van der Waals surface area contributed by atoms with E-state index in [0.29, 0.717) is 17.7 Å². The number of fused-ring (bicyclic) bond motifs is 2. The SMILES string of the molecule is Cc1cc(C)c(CNC(=O)c2cc(-c3ccc(CN4CCCCC4)c(C)c3)c3c(c2)C2(CCCC2)CO3)c(=O)[nH]1. The average Bonchev–Trinajstić information content (AvgIpc) is 3.57. The van der Waals surface area contributed by atoms with Crippen molar-refractivity contribution in [2.24, 2.45) is 0 Å². The number of aromatic nitrogens is 1.